The summed E-state index contributed by atoms with van der Waals surface area (Å²) in [5.41, 5.74) is -0.694. The first-order valence-electron chi connectivity index (χ1n) is 24.1. The Hall–Kier alpha value is -3.29. The van der Waals surface area contributed by atoms with Gasteiger partial charge in [-0.15, -0.1) is 0 Å². The van der Waals surface area contributed by atoms with Crippen molar-refractivity contribution in [2.75, 3.05) is 13.7 Å². The number of carbonyl (C=O) groups excluding carboxylic acids is 5. The van der Waals surface area contributed by atoms with Gasteiger partial charge in [0.1, 0.15) is 29.3 Å². The predicted molar refractivity (Wildman–Crippen MR) is 249 cm³/mol. The highest BCUT2D eigenvalue weighted by atomic mass is 16.5. The van der Waals surface area contributed by atoms with Crippen LogP contribution in [0.25, 0.3) is 0 Å². The molecule has 1 amide bonds. The van der Waals surface area contributed by atoms with E-state index in [4.69, 9.17) is 9.47 Å². The summed E-state index contributed by atoms with van der Waals surface area (Å²) in [6.45, 7) is 18.0. The number of carbonyl (C=O) groups is 5. The SMILES string of the molecule is CO[C@H]1C[C@@H](O)CC[C@@H](C)[C@](C)(O)C(=O)C(=O)N2CCCC[C@H]2C(=O)OC([C@H](C)C[C@@H]2CC[C@@H](O)[C@H](C)C2)CC(=O)[C@H](C)/C=C(\C)[C@@H](O)[C@@H](C)C(=O)[C@H](C)C[C@H](C)/C=C/C=C/C=C1C. The van der Waals surface area contributed by atoms with E-state index in [1.807, 2.05) is 65.0 Å². The molecule has 4 N–H and O–H groups in total. The standard InChI is InChI=1S/C52H83NO11/c1-31-17-13-12-14-18-32(2)45(63-11)29-41(54)22-20-38(8)52(10,62)49(59)50(60)53-24-16-15-19-42(53)51(61)64-46(35(5)28-40-21-23-43(55)34(4)27-40)30-44(56)33(3)26-37(7)48(58)39(9)47(57)36(6)25-31/h12-14,17-18,26,31,33-36,38-43,45-46,48,54-55,58,62H,15-16,19-25,27-30H2,1-11H3/b14-12+,17-13+,32-18?,37-26+/t31-,33-,34-,35-,36-,38-,39+,40-,41+,42+,43-,45+,46?,48-,52+/m1/s1. The molecule has 12 nitrogen and oxygen atoms in total. The van der Waals surface area contributed by atoms with Crippen molar-refractivity contribution in [2.45, 2.75) is 188 Å². The number of piperidine rings is 1. The molecule has 2 fully saturated rings. The van der Waals surface area contributed by atoms with Gasteiger partial charge in [0.15, 0.2) is 0 Å². The van der Waals surface area contributed by atoms with E-state index in [-0.39, 0.29) is 85.9 Å². The third kappa shape index (κ3) is 15.7. The summed E-state index contributed by atoms with van der Waals surface area (Å²) in [6.07, 6.45) is 13.3. The van der Waals surface area contributed by atoms with Crippen LogP contribution in [0.15, 0.2) is 47.6 Å². The number of nitrogens with zero attached hydrogens (tertiary/aromatic N) is 1. The van der Waals surface area contributed by atoms with Gasteiger partial charge in [0.25, 0.3) is 11.7 Å². The first kappa shape index (κ1) is 55.0. The molecule has 1 aliphatic carbocycles. The molecular weight excluding hydrogens is 815 g/mol. The number of amides is 1. The van der Waals surface area contributed by atoms with E-state index in [2.05, 4.69) is 0 Å². The smallest absolute Gasteiger partial charge is 0.329 e. The van der Waals surface area contributed by atoms with Crippen LogP contribution in [0.3, 0.4) is 0 Å². The van der Waals surface area contributed by atoms with Gasteiger partial charge in [-0.25, -0.2) is 4.79 Å². The quantitative estimate of drug-likeness (QED) is 0.125. The second kappa shape index (κ2) is 25.6. The second-order valence-corrected chi connectivity index (χ2v) is 20.3. The monoisotopic (exact) mass is 898 g/mol. The molecule has 1 saturated heterocycles. The highest BCUT2D eigenvalue weighted by Gasteiger charge is 2.46. The van der Waals surface area contributed by atoms with Crippen LogP contribution in [0.5, 0.6) is 0 Å². The van der Waals surface area contributed by atoms with E-state index < -0.39 is 71.5 Å². The lowest BCUT2D eigenvalue weighted by Gasteiger charge is -2.38. The number of methoxy groups -OCH3 is 1. The Morgan fingerprint density at radius 1 is 0.859 bits per heavy atom. The van der Waals surface area contributed by atoms with Gasteiger partial charge in [-0.05, 0) is 126 Å². The number of esters is 1. The van der Waals surface area contributed by atoms with Crippen molar-refractivity contribution in [3.8, 4) is 0 Å². The summed E-state index contributed by atoms with van der Waals surface area (Å²) in [4.78, 5) is 70.9. The molecule has 0 aromatic rings. The number of aliphatic hydroxyl groups excluding tert-OH is 3. The van der Waals surface area contributed by atoms with Crippen LogP contribution in [-0.4, -0.2) is 110 Å². The van der Waals surface area contributed by atoms with Gasteiger partial charge >= 0.3 is 5.97 Å². The second-order valence-electron chi connectivity index (χ2n) is 20.3. The van der Waals surface area contributed by atoms with Gasteiger partial charge < -0.3 is 34.8 Å². The van der Waals surface area contributed by atoms with E-state index in [0.717, 1.165) is 18.4 Å². The fourth-order valence-corrected chi connectivity index (χ4v) is 9.87. The summed E-state index contributed by atoms with van der Waals surface area (Å²) < 4.78 is 11.9. The van der Waals surface area contributed by atoms with Crippen molar-refractivity contribution in [1.29, 1.82) is 0 Å². The summed E-state index contributed by atoms with van der Waals surface area (Å²) in [5.74, 6) is -5.26. The maximum atomic E-state index is 14.2. The third-order valence-corrected chi connectivity index (χ3v) is 14.7. The number of fused-ring (bicyclic) bond motifs is 1. The molecular formula is C52H83NO11. The number of hydrogen-bond acceptors (Lipinski definition) is 11. The molecule has 15 atom stereocenters. The maximum absolute atomic E-state index is 14.2. The van der Waals surface area contributed by atoms with Crippen LogP contribution < -0.4 is 0 Å². The van der Waals surface area contributed by atoms with Crippen LogP contribution in [0, 0.1) is 47.3 Å². The largest absolute Gasteiger partial charge is 0.460 e. The summed E-state index contributed by atoms with van der Waals surface area (Å²) >= 11 is 0. The van der Waals surface area contributed by atoms with E-state index >= 15 is 0 Å². The van der Waals surface area contributed by atoms with Gasteiger partial charge in [0.05, 0.1) is 24.4 Å². The molecule has 64 heavy (non-hydrogen) atoms. The molecule has 0 aromatic carbocycles. The number of allylic oxidation sites excluding steroid dienone is 6. The molecule has 0 bridgehead atoms. The maximum Gasteiger partial charge on any atom is 0.329 e. The molecule has 3 aliphatic rings. The van der Waals surface area contributed by atoms with Crippen LogP contribution in [0.4, 0.5) is 0 Å². The van der Waals surface area contributed by atoms with Gasteiger partial charge in [0.2, 0.25) is 0 Å². The zero-order valence-electron chi connectivity index (χ0n) is 40.8. The van der Waals surface area contributed by atoms with Crippen molar-refractivity contribution in [3.63, 3.8) is 0 Å². The third-order valence-electron chi connectivity index (χ3n) is 14.7. The Kier molecular flexibility index (Phi) is 22.0. The fourth-order valence-electron chi connectivity index (χ4n) is 9.87. The molecule has 362 valence electrons. The van der Waals surface area contributed by atoms with Crippen LogP contribution >= 0.6 is 0 Å². The van der Waals surface area contributed by atoms with Crippen LogP contribution in [0.1, 0.15) is 146 Å². The number of rotatable bonds is 4. The van der Waals surface area contributed by atoms with Gasteiger partial charge in [-0.3, -0.25) is 19.2 Å². The van der Waals surface area contributed by atoms with E-state index in [1.54, 1.807) is 40.9 Å². The molecule has 0 spiro atoms. The average Bonchev–Trinajstić information content (AvgIpc) is 3.26. The first-order chi connectivity index (χ1) is 30.0. The van der Waals surface area contributed by atoms with Gasteiger partial charge in [-0.2, -0.15) is 0 Å². The van der Waals surface area contributed by atoms with E-state index in [1.165, 1.54) is 11.8 Å². The van der Waals surface area contributed by atoms with Crippen molar-refractivity contribution >= 4 is 29.2 Å². The average molecular weight is 898 g/mol. The van der Waals surface area contributed by atoms with Gasteiger partial charge in [0, 0.05) is 44.2 Å². The molecule has 0 aromatic heterocycles. The Balaban J connectivity index is 1.98. The predicted octanol–water partition coefficient (Wildman–Crippen LogP) is 7.45. The minimum atomic E-state index is -2.08. The van der Waals surface area contributed by atoms with Crippen molar-refractivity contribution in [2.24, 2.45) is 47.3 Å². The lowest BCUT2D eigenvalue weighted by molar-refractivity contribution is -0.169. The van der Waals surface area contributed by atoms with Gasteiger partial charge in [-0.1, -0.05) is 84.9 Å². The van der Waals surface area contributed by atoms with Crippen molar-refractivity contribution in [1.82, 2.24) is 4.90 Å². The zero-order valence-corrected chi connectivity index (χ0v) is 40.8. The van der Waals surface area contributed by atoms with E-state index in [9.17, 15) is 44.4 Å². The zero-order chi connectivity index (χ0) is 48.1. The highest BCUT2D eigenvalue weighted by molar-refractivity contribution is 6.39. The Morgan fingerprint density at radius 3 is 2.20 bits per heavy atom. The molecule has 2 heterocycles. The topological polar surface area (TPSA) is 188 Å². The molecule has 1 unspecified atom stereocenters. The fraction of sp³-hybridized carbons (Fsp3) is 0.750. The number of Topliss-reactive ketones (excluding diaryl/α,β-unsaturated/α-hetero) is 3. The number of ketones is 3. The summed E-state index contributed by atoms with van der Waals surface area (Å²) in [7, 11) is 1.57. The first-order valence-corrected chi connectivity index (χ1v) is 24.1. The minimum Gasteiger partial charge on any atom is -0.460 e. The van der Waals surface area contributed by atoms with Crippen molar-refractivity contribution < 1.29 is 53.9 Å². The Bertz CT molecular complexity index is 1700. The number of cyclic esters (lactones) is 1. The Morgan fingerprint density at radius 2 is 1.55 bits per heavy atom. The normalized spacial score (nSPS) is 39.6. The summed E-state index contributed by atoms with van der Waals surface area (Å²) in [6, 6.07) is -1.09. The minimum absolute atomic E-state index is 0.0721. The Labute approximate surface area is 384 Å². The molecule has 2 aliphatic heterocycles. The lowest BCUT2D eigenvalue weighted by atomic mass is 9.75. The van der Waals surface area contributed by atoms with Crippen LogP contribution in [-0.2, 0) is 33.4 Å². The number of aliphatic hydroxyl groups is 4. The van der Waals surface area contributed by atoms with Crippen molar-refractivity contribution in [3.05, 3.63) is 47.6 Å². The summed E-state index contributed by atoms with van der Waals surface area (Å²) in [5, 5.41) is 44.4. The molecule has 12 heteroatoms. The van der Waals surface area contributed by atoms with Crippen LogP contribution in [0.2, 0.25) is 0 Å². The number of hydrogen-bond donors (Lipinski definition) is 4. The van der Waals surface area contributed by atoms with E-state index in [0.29, 0.717) is 37.7 Å². The molecule has 3 rings (SSSR count). The lowest BCUT2D eigenvalue weighted by Crippen LogP contribution is -2.57. The number of ether oxygens (including phenoxy) is 2. The highest BCUT2D eigenvalue weighted by Crippen LogP contribution is 2.36. The molecule has 1 saturated carbocycles. The molecule has 0 radical (unpaired) electrons.